The third-order valence-electron chi connectivity index (χ3n) is 3.82. The molecule has 0 heterocycles. The van der Waals surface area contributed by atoms with Crippen LogP contribution in [0.1, 0.15) is 25.8 Å². The van der Waals surface area contributed by atoms with Crippen LogP contribution in [0.4, 0.5) is 4.39 Å². The number of hydrogen-bond acceptors (Lipinski definition) is 4. The highest BCUT2D eigenvalue weighted by atomic mass is 32.2. The summed E-state index contributed by atoms with van der Waals surface area (Å²) in [6.45, 7) is 4.14. The molecule has 4 nitrogen and oxygen atoms in total. The standard InChI is InChI=1S/C18H21FO4S/c1-4-13(2)11-14-7-5-10-17(22-3)18(14)23-24(20,21)16-9-6-8-15(19)12-16/h5-10,12-13H,4,11H2,1-3H3. The van der Waals surface area contributed by atoms with Crippen molar-refractivity contribution in [3.63, 3.8) is 0 Å². The molecule has 0 aromatic heterocycles. The quantitative estimate of drug-likeness (QED) is 0.701. The van der Waals surface area contributed by atoms with Crippen LogP contribution in [-0.2, 0) is 16.5 Å². The molecule has 0 amide bonds. The van der Waals surface area contributed by atoms with Gasteiger partial charge in [-0.2, -0.15) is 8.42 Å². The van der Waals surface area contributed by atoms with Crippen molar-refractivity contribution in [2.24, 2.45) is 5.92 Å². The topological polar surface area (TPSA) is 52.6 Å². The van der Waals surface area contributed by atoms with Crippen LogP contribution in [-0.4, -0.2) is 15.5 Å². The molecule has 0 fully saturated rings. The van der Waals surface area contributed by atoms with Crippen molar-refractivity contribution in [3.8, 4) is 11.5 Å². The summed E-state index contributed by atoms with van der Waals surface area (Å²) >= 11 is 0. The van der Waals surface area contributed by atoms with Crippen molar-refractivity contribution in [2.75, 3.05) is 7.11 Å². The summed E-state index contributed by atoms with van der Waals surface area (Å²) < 4.78 is 48.9. The van der Waals surface area contributed by atoms with Crippen molar-refractivity contribution < 1.29 is 21.7 Å². The SMILES string of the molecule is CCC(C)Cc1cccc(OC)c1OS(=O)(=O)c1cccc(F)c1. The Morgan fingerprint density at radius 1 is 1.17 bits per heavy atom. The lowest BCUT2D eigenvalue weighted by Gasteiger charge is -2.16. The summed E-state index contributed by atoms with van der Waals surface area (Å²) in [6, 6.07) is 9.96. The monoisotopic (exact) mass is 352 g/mol. The molecule has 2 aromatic rings. The predicted octanol–water partition coefficient (Wildman–Crippen LogP) is 4.19. The Bertz CT molecular complexity index is 802. The Balaban J connectivity index is 2.43. The van der Waals surface area contributed by atoms with E-state index in [4.69, 9.17) is 8.92 Å². The number of rotatable bonds is 7. The van der Waals surface area contributed by atoms with E-state index in [2.05, 4.69) is 13.8 Å². The summed E-state index contributed by atoms with van der Waals surface area (Å²) in [7, 11) is -2.71. The Morgan fingerprint density at radius 2 is 1.88 bits per heavy atom. The lowest BCUT2D eigenvalue weighted by atomic mass is 9.98. The molecule has 0 radical (unpaired) electrons. The van der Waals surface area contributed by atoms with Crippen molar-refractivity contribution in [2.45, 2.75) is 31.6 Å². The minimum absolute atomic E-state index is 0.157. The molecule has 2 rings (SSSR count). The van der Waals surface area contributed by atoms with Gasteiger partial charge in [0.1, 0.15) is 10.7 Å². The van der Waals surface area contributed by atoms with Crippen molar-refractivity contribution >= 4 is 10.1 Å². The molecule has 1 atom stereocenters. The van der Waals surface area contributed by atoms with Gasteiger partial charge in [-0.15, -0.1) is 0 Å². The molecule has 1 unspecified atom stereocenters. The van der Waals surface area contributed by atoms with E-state index in [1.165, 1.54) is 25.3 Å². The summed E-state index contributed by atoms with van der Waals surface area (Å²) in [4.78, 5) is -0.233. The Morgan fingerprint density at radius 3 is 2.50 bits per heavy atom. The Labute approximate surface area is 142 Å². The number of methoxy groups -OCH3 is 1. The van der Waals surface area contributed by atoms with Gasteiger partial charge in [0, 0.05) is 5.56 Å². The van der Waals surface area contributed by atoms with E-state index in [1.54, 1.807) is 12.1 Å². The van der Waals surface area contributed by atoms with Crippen LogP contribution >= 0.6 is 0 Å². The van der Waals surface area contributed by atoms with Crippen LogP contribution in [0.15, 0.2) is 47.4 Å². The van der Waals surface area contributed by atoms with Gasteiger partial charge in [-0.3, -0.25) is 0 Å². The van der Waals surface area contributed by atoms with Gasteiger partial charge in [0.15, 0.2) is 11.5 Å². The number of benzene rings is 2. The first-order chi connectivity index (χ1) is 11.4. The second-order valence-corrected chi connectivity index (χ2v) is 7.21. The van der Waals surface area contributed by atoms with Crippen LogP contribution in [0, 0.1) is 11.7 Å². The first-order valence-electron chi connectivity index (χ1n) is 7.73. The highest BCUT2D eigenvalue weighted by Gasteiger charge is 2.22. The van der Waals surface area contributed by atoms with Crippen LogP contribution in [0.2, 0.25) is 0 Å². The van der Waals surface area contributed by atoms with Gasteiger partial charge in [0.25, 0.3) is 0 Å². The van der Waals surface area contributed by atoms with E-state index >= 15 is 0 Å². The van der Waals surface area contributed by atoms with E-state index in [0.717, 1.165) is 18.1 Å². The minimum Gasteiger partial charge on any atom is -0.493 e. The van der Waals surface area contributed by atoms with E-state index in [-0.39, 0.29) is 10.6 Å². The lowest BCUT2D eigenvalue weighted by Crippen LogP contribution is -2.13. The summed E-state index contributed by atoms with van der Waals surface area (Å²) in [6.07, 6.45) is 1.61. The largest absolute Gasteiger partial charge is 0.493 e. The summed E-state index contributed by atoms with van der Waals surface area (Å²) in [5.74, 6) is 0.205. The fraction of sp³-hybridized carbons (Fsp3) is 0.333. The molecular formula is C18H21FO4S. The van der Waals surface area contributed by atoms with E-state index in [0.29, 0.717) is 18.1 Å². The van der Waals surface area contributed by atoms with Crippen LogP contribution < -0.4 is 8.92 Å². The average Bonchev–Trinajstić information content (AvgIpc) is 2.56. The van der Waals surface area contributed by atoms with Gasteiger partial charge >= 0.3 is 10.1 Å². The van der Waals surface area contributed by atoms with Crippen LogP contribution in [0.5, 0.6) is 11.5 Å². The summed E-state index contributed by atoms with van der Waals surface area (Å²) in [5, 5.41) is 0. The van der Waals surface area contributed by atoms with Crippen molar-refractivity contribution in [3.05, 3.63) is 53.8 Å². The molecule has 130 valence electrons. The lowest BCUT2D eigenvalue weighted by molar-refractivity contribution is 0.387. The molecule has 6 heteroatoms. The van der Waals surface area contributed by atoms with Crippen molar-refractivity contribution in [1.82, 2.24) is 0 Å². The number of ether oxygens (including phenoxy) is 1. The van der Waals surface area contributed by atoms with E-state index in [9.17, 15) is 12.8 Å². The maximum Gasteiger partial charge on any atom is 0.339 e. The molecular weight excluding hydrogens is 331 g/mol. The zero-order chi connectivity index (χ0) is 17.7. The third-order valence-corrected chi connectivity index (χ3v) is 5.04. The van der Waals surface area contributed by atoms with Crippen molar-refractivity contribution in [1.29, 1.82) is 0 Å². The average molecular weight is 352 g/mol. The molecule has 0 saturated carbocycles. The fourth-order valence-corrected chi connectivity index (χ4v) is 3.28. The summed E-state index contributed by atoms with van der Waals surface area (Å²) in [5.41, 5.74) is 0.740. The maximum absolute atomic E-state index is 13.3. The molecule has 0 bridgehead atoms. The van der Waals surface area contributed by atoms with Gasteiger partial charge in [-0.25, -0.2) is 4.39 Å². The highest BCUT2D eigenvalue weighted by Crippen LogP contribution is 2.35. The first kappa shape index (κ1) is 18.3. The van der Waals surface area contributed by atoms with E-state index in [1.807, 2.05) is 6.07 Å². The normalized spacial score (nSPS) is 12.7. The van der Waals surface area contributed by atoms with Crippen LogP contribution in [0.25, 0.3) is 0 Å². The maximum atomic E-state index is 13.3. The predicted molar refractivity (Wildman–Crippen MR) is 90.4 cm³/mol. The number of hydrogen-bond donors (Lipinski definition) is 0. The third kappa shape index (κ3) is 4.26. The molecule has 0 aliphatic heterocycles. The Kier molecular flexibility index (Phi) is 5.83. The second kappa shape index (κ2) is 7.66. The molecule has 2 aromatic carbocycles. The molecule has 24 heavy (non-hydrogen) atoms. The number of para-hydroxylation sites is 1. The van der Waals surface area contributed by atoms with Gasteiger partial charge in [-0.1, -0.05) is 38.5 Å². The van der Waals surface area contributed by atoms with Gasteiger partial charge < -0.3 is 8.92 Å². The zero-order valence-corrected chi connectivity index (χ0v) is 14.8. The molecule has 0 saturated heterocycles. The van der Waals surface area contributed by atoms with Gasteiger partial charge in [0.2, 0.25) is 0 Å². The number of halogens is 1. The van der Waals surface area contributed by atoms with E-state index < -0.39 is 15.9 Å². The molecule has 0 aliphatic carbocycles. The zero-order valence-electron chi connectivity index (χ0n) is 14.0. The second-order valence-electron chi connectivity index (χ2n) is 5.66. The molecule has 0 aliphatic rings. The molecule has 0 spiro atoms. The Hall–Kier alpha value is -2.08. The van der Waals surface area contributed by atoms with Crippen LogP contribution in [0.3, 0.4) is 0 Å². The smallest absolute Gasteiger partial charge is 0.339 e. The van der Waals surface area contributed by atoms with Gasteiger partial charge in [0.05, 0.1) is 7.11 Å². The highest BCUT2D eigenvalue weighted by molar-refractivity contribution is 7.87. The van der Waals surface area contributed by atoms with Gasteiger partial charge in [-0.05, 0) is 36.6 Å². The molecule has 0 N–H and O–H groups in total. The minimum atomic E-state index is -4.15. The first-order valence-corrected chi connectivity index (χ1v) is 9.14. The fourth-order valence-electron chi connectivity index (χ4n) is 2.28.